The number of aromatic nitrogens is 1. The number of rotatable bonds is 6. The maximum atomic E-state index is 11.5. The summed E-state index contributed by atoms with van der Waals surface area (Å²) in [6.45, 7) is 1.12. The zero-order chi connectivity index (χ0) is 13.5. The van der Waals surface area contributed by atoms with E-state index in [1.807, 2.05) is 30.3 Å². The highest BCUT2D eigenvalue weighted by molar-refractivity contribution is 5.27. The molecule has 0 unspecified atom stereocenters. The quantitative estimate of drug-likeness (QED) is 0.854. The van der Waals surface area contributed by atoms with E-state index in [1.165, 1.54) is 6.07 Å². The third kappa shape index (κ3) is 3.96. The van der Waals surface area contributed by atoms with Gasteiger partial charge in [-0.2, -0.15) is 0 Å². The van der Waals surface area contributed by atoms with Gasteiger partial charge in [0.1, 0.15) is 12.4 Å². The van der Waals surface area contributed by atoms with Crippen molar-refractivity contribution in [3.05, 3.63) is 64.6 Å². The van der Waals surface area contributed by atoms with Crippen LogP contribution in [0.2, 0.25) is 0 Å². The van der Waals surface area contributed by atoms with Gasteiger partial charge in [-0.05, 0) is 30.2 Å². The Balaban J connectivity index is 1.86. The normalized spacial score (nSPS) is 10.4. The van der Waals surface area contributed by atoms with Gasteiger partial charge >= 0.3 is 0 Å². The second-order valence-electron chi connectivity index (χ2n) is 4.20. The first-order valence-electron chi connectivity index (χ1n) is 6.27. The van der Waals surface area contributed by atoms with Gasteiger partial charge in [0, 0.05) is 18.9 Å². The molecule has 0 spiro atoms. The molecule has 0 aliphatic heterocycles. The number of hydrogen-bond donors (Lipinski definition) is 1. The third-order valence-corrected chi connectivity index (χ3v) is 2.82. The second kappa shape index (κ2) is 6.75. The molecule has 0 radical (unpaired) electrons. The van der Waals surface area contributed by atoms with Crippen molar-refractivity contribution in [3.63, 3.8) is 0 Å². The van der Waals surface area contributed by atoms with Crippen molar-refractivity contribution in [1.29, 1.82) is 0 Å². The van der Waals surface area contributed by atoms with E-state index in [1.54, 1.807) is 16.8 Å². The standard InChI is InChI=1S/C15H17NO3/c17-11-8-13-4-6-14(7-5-13)19-12-10-16-9-2-1-3-15(16)18/h1-7,9,17H,8,10-12H2. The number of ether oxygens (including phenoxy) is 1. The van der Waals surface area contributed by atoms with Gasteiger partial charge in [0.2, 0.25) is 0 Å². The fraction of sp³-hybridized carbons (Fsp3) is 0.267. The van der Waals surface area contributed by atoms with E-state index in [0.29, 0.717) is 19.6 Å². The Labute approximate surface area is 111 Å². The van der Waals surface area contributed by atoms with Crippen LogP contribution in [0.15, 0.2) is 53.5 Å². The Hall–Kier alpha value is -2.07. The van der Waals surface area contributed by atoms with Crippen molar-refractivity contribution in [3.8, 4) is 5.75 Å². The van der Waals surface area contributed by atoms with Crippen LogP contribution in [0, 0.1) is 0 Å². The lowest BCUT2D eigenvalue weighted by Crippen LogP contribution is -2.21. The van der Waals surface area contributed by atoms with Crippen LogP contribution in [0.4, 0.5) is 0 Å². The third-order valence-electron chi connectivity index (χ3n) is 2.82. The molecule has 4 nitrogen and oxygen atoms in total. The number of hydrogen-bond acceptors (Lipinski definition) is 3. The van der Waals surface area contributed by atoms with E-state index < -0.39 is 0 Å². The average Bonchev–Trinajstić information content (AvgIpc) is 2.43. The largest absolute Gasteiger partial charge is 0.492 e. The van der Waals surface area contributed by atoms with E-state index >= 15 is 0 Å². The molecule has 2 aromatic rings. The fourth-order valence-electron chi connectivity index (χ4n) is 1.79. The Bertz CT molecular complexity index is 560. The predicted octanol–water partition coefficient (Wildman–Crippen LogP) is 1.46. The van der Waals surface area contributed by atoms with Crippen LogP contribution >= 0.6 is 0 Å². The van der Waals surface area contributed by atoms with Crippen LogP contribution in [0.1, 0.15) is 5.56 Å². The smallest absolute Gasteiger partial charge is 0.250 e. The van der Waals surface area contributed by atoms with Gasteiger partial charge in [0.25, 0.3) is 5.56 Å². The average molecular weight is 259 g/mol. The van der Waals surface area contributed by atoms with Gasteiger partial charge in [-0.3, -0.25) is 4.79 Å². The lowest BCUT2D eigenvalue weighted by molar-refractivity contribution is 0.294. The van der Waals surface area contributed by atoms with Gasteiger partial charge in [-0.1, -0.05) is 18.2 Å². The molecule has 0 fully saturated rings. The van der Waals surface area contributed by atoms with Crippen LogP contribution in [-0.2, 0) is 13.0 Å². The number of pyridine rings is 1. The summed E-state index contributed by atoms with van der Waals surface area (Å²) in [6.07, 6.45) is 2.40. The number of aliphatic hydroxyl groups is 1. The molecule has 1 heterocycles. The van der Waals surface area contributed by atoms with Gasteiger partial charge in [0.15, 0.2) is 0 Å². The summed E-state index contributed by atoms with van der Waals surface area (Å²) in [5, 5.41) is 8.82. The lowest BCUT2D eigenvalue weighted by Gasteiger charge is -2.08. The lowest BCUT2D eigenvalue weighted by atomic mass is 10.1. The number of aliphatic hydroxyl groups excluding tert-OH is 1. The molecule has 0 amide bonds. The highest BCUT2D eigenvalue weighted by Gasteiger charge is 1.97. The second-order valence-corrected chi connectivity index (χ2v) is 4.20. The summed E-state index contributed by atoms with van der Waals surface area (Å²) in [7, 11) is 0. The van der Waals surface area contributed by atoms with E-state index in [2.05, 4.69) is 0 Å². The van der Waals surface area contributed by atoms with E-state index in [-0.39, 0.29) is 12.2 Å². The molecule has 0 saturated heterocycles. The minimum atomic E-state index is -0.0237. The molecule has 1 aromatic heterocycles. The van der Waals surface area contributed by atoms with Crippen molar-refractivity contribution in [2.75, 3.05) is 13.2 Å². The maximum absolute atomic E-state index is 11.5. The molecule has 1 aromatic carbocycles. The van der Waals surface area contributed by atoms with Gasteiger partial charge in [-0.25, -0.2) is 0 Å². The Morgan fingerprint density at radius 2 is 1.89 bits per heavy atom. The minimum Gasteiger partial charge on any atom is -0.492 e. The van der Waals surface area contributed by atoms with Crippen LogP contribution in [0.25, 0.3) is 0 Å². The van der Waals surface area contributed by atoms with Crippen LogP contribution in [-0.4, -0.2) is 22.9 Å². The molecule has 100 valence electrons. The van der Waals surface area contributed by atoms with E-state index in [0.717, 1.165) is 11.3 Å². The van der Waals surface area contributed by atoms with Crippen LogP contribution in [0.5, 0.6) is 5.75 Å². The summed E-state index contributed by atoms with van der Waals surface area (Å²) in [5.41, 5.74) is 1.05. The summed E-state index contributed by atoms with van der Waals surface area (Å²) in [5.74, 6) is 0.769. The fourth-order valence-corrected chi connectivity index (χ4v) is 1.79. The molecule has 0 aliphatic rings. The van der Waals surface area contributed by atoms with Crippen molar-refractivity contribution < 1.29 is 9.84 Å². The number of nitrogens with zero attached hydrogens (tertiary/aromatic N) is 1. The predicted molar refractivity (Wildman–Crippen MR) is 73.4 cm³/mol. The Kier molecular flexibility index (Phi) is 4.75. The van der Waals surface area contributed by atoms with Crippen molar-refractivity contribution in [2.24, 2.45) is 0 Å². The topological polar surface area (TPSA) is 51.5 Å². The molecule has 0 aliphatic carbocycles. The molecule has 4 heteroatoms. The molecular weight excluding hydrogens is 242 g/mol. The highest BCUT2D eigenvalue weighted by atomic mass is 16.5. The van der Waals surface area contributed by atoms with Crippen molar-refractivity contribution in [2.45, 2.75) is 13.0 Å². The number of benzene rings is 1. The van der Waals surface area contributed by atoms with Gasteiger partial charge in [-0.15, -0.1) is 0 Å². The SMILES string of the molecule is O=c1ccccn1CCOc1ccc(CCO)cc1. The van der Waals surface area contributed by atoms with E-state index in [4.69, 9.17) is 9.84 Å². The Morgan fingerprint density at radius 1 is 1.11 bits per heavy atom. The maximum Gasteiger partial charge on any atom is 0.250 e. The molecule has 0 saturated carbocycles. The Morgan fingerprint density at radius 3 is 2.58 bits per heavy atom. The van der Waals surface area contributed by atoms with Crippen LogP contribution in [0.3, 0.4) is 0 Å². The summed E-state index contributed by atoms with van der Waals surface area (Å²) >= 11 is 0. The van der Waals surface area contributed by atoms with Crippen molar-refractivity contribution >= 4 is 0 Å². The molecular formula is C15H17NO3. The highest BCUT2D eigenvalue weighted by Crippen LogP contribution is 2.12. The summed E-state index contributed by atoms with van der Waals surface area (Å²) in [6, 6.07) is 12.7. The first kappa shape index (κ1) is 13.4. The molecule has 2 rings (SSSR count). The van der Waals surface area contributed by atoms with Crippen LogP contribution < -0.4 is 10.3 Å². The van der Waals surface area contributed by atoms with Crippen molar-refractivity contribution in [1.82, 2.24) is 4.57 Å². The minimum absolute atomic E-state index is 0.0237. The van der Waals surface area contributed by atoms with Gasteiger partial charge < -0.3 is 14.4 Å². The molecule has 1 N–H and O–H groups in total. The monoisotopic (exact) mass is 259 g/mol. The molecule has 0 bridgehead atoms. The first-order chi connectivity index (χ1) is 9.29. The summed E-state index contributed by atoms with van der Waals surface area (Å²) in [4.78, 5) is 11.5. The zero-order valence-corrected chi connectivity index (χ0v) is 10.7. The van der Waals surface area contributed by atoms with E-state index in [9.17, 15) is 4.79 Å². The van der Waals surface area contributed by atoms with Gasteiger partial charge in [0.05, 0.1) is 6.54 Å². The first-order valence-corrected chi connectivity index (χ1v) is 6.27. The molecule has 0 atom stereocenters. The zero-order valence-electron chi connectivity index (χ0n) is 10.7. The molecule has 19 heavy (non-hydrogen) atoms. The summed E-state index contributed by atoms with van der Waals surface area (Å²) < 4.78 is 7.19.